The highest BCUT2D eigenvalue weighted by molar-refractivity contribution is 6.33. The van der Waals surface area contributed by atoms with E-state index in [1.54, 1.807) is 0 Å². The molecule has 1 aliphatic carbocycles. The van der Waals surface area contributed by atoms with E-state index < -0.39 is 5.54 Å². The topological polar surface area (TPSA) is 110 Å². The Morgan fingerprint density at radius 2 is 2.38 bits per heavy atom. The third-order valence-corrected chi connectivity index (χ3v) is 4.23. The van der Waals surface area contributed by atoms with Gasteiger partial charge < -0.3 is 10.7 Å². The van der Waals surface area contributed by atoms with Crippen LogP contribution in [0.3, 0.4) is 0 Å². The van der Waals surface area contributed by atoms with Crippen LogP contribution < -0.4 is 11.1 Å². The smallest absolute Gasteiger partial charge is 0.246 e. The van der Waals surface area contributed by atoms with Crippen LogP contribution in [0.4, 0.5) is 5.95 Å². The lowest BCUT2D eigenvalue weighted by Crippen LogP contribution is -2.53. The predicted molar refractivity (Wildman–Crippen MR) is 79.9 cm³/mol. The van der Waals surface area contributed by atoms with Crippen LogP contribution in [-0.4, -0.2) is 31.4 Å². The summed E-state index contributed by atoms with van der Waals surface area (Å²) < 4.78 is 0. The van der Waals surface area contributed by atoms with Gasteiger partial charge in [0.05, 0.1) is 11.9 Å². The zero-order chi connectivity index (χ0) is 15.0. The number of carbonyl (C=O) groups is 1. The quantitative estimate of drug-likeness (QED) is 0.733. The summed E-state index contributed by atoms with van der Waals surface area (Å²) in [6, 6.07) is 0. The minimum absolute atomic E-state index is 0.132. The largest absolute Gasteiger partial charge is 0.341 e. The number of nitrogens with two attached hydrogens (primary N) is 1. The average Bonchev–Trinajstić information content (AvgIpc) is 2.87. The standard InChI is InChI=1S/C13H17ClN6O/c1-7-3-2-4-13(15,5-7)11(21)20-12-18-9(14)8-10(19-12)17-6-16-8/h6-7H,2-5,15H2,1H3,(H2,16,17,18,19,20,21). The Morgan fingerprint density at radius 3 is 3.14 bits per heavy atom. The average molecular weight is 309 g/mol. The number of imidazole rings is 1. The summed E-state index contributed by atoms with van der Waals surface area (Å²) in [5.41, 5.74) is 6.34. The lowest BCUT2D eigenvalue weighted by Gasteiger charge is -2.34. The summed E-state index contributed by atoms with van der Waals surface area (Å²) in [4.78, 5) is 27.5. The maximum Gasteiger partial charge on any atom is 0.246 e. The van der Waals surface area contributed by atoms with Gasteiger partial charge in [-0.05, 0) is 18.8 Å². The molecular weight excluding hydrogens is 292 g/mol. The number of carbonyl (C=O) groups excluding carboxylic acids is 1. The van der Waals surface area contributed by atoms with Crippen LogP contribution in [0.25, 0.3) is 11.2 Å². The van der Waals surface area contributed by atoms with E-state index in [-0.39, 0.29) is 17.0 Å². The maximum atomic E-state index is 12.4. The first-order valence-electron chi connectivity index (χ1n) is 6.95. The molecule has 0 spiro atoms. The third kappa shape index (κ3) is 2.71. The zero-order valence-electron chi connectivity index (χ0n) is 11.7. The van der Waals surface area contributed by atoms with Crippen molar-refractivity contribution in [2.75, 3.05) is 5.32 Å². The lowest BCUT2D eigenvalue weighted by atomic mass is 9.76. The Balaban J connectivity index is 1.82. The molecule has 7 nitrogen and oxygen atoms in total. The molecule has 0 radical (unpaired) electrons. The summed E-state index contributed by atoms with van der Waals surface area (Å²) in [7, 11) is 0. The first-order valence-corrected chi connectivity index (χ1v) is 7.33. The van der Waals surface area contributed by atoms with Gasteiger partial charge in [0.15, 0.2) is 10.8 Å². The predicted octanol–water partition coefficient (Wildman–Crippen LogP) is 1.85. The van der Waals surface area contributed by atoms with E-state index in [9.17, 15) is 4.79 Å². The molecule has 0 aromatic carbocycles. The first kappa shape index (κ1) is 14.2. The fraction of sp³-hybridized carbons (Fsp3) is 0.538. The van der Waals surface area contributed by atoms with Gasteiger partial charge in [-0.25, -0.2) is 4.98 Å². The summed E-state index contributed by atoms with van der Waals surface area (Å²) in [6.45, 7) is 2.11. The number of hydrogen-bond donors (Lipinski definition) is 3. The van der Waals surface area contributed by atoms with Gasteiger partial charge >= 0.3 is 0 Å². The van der Waals surface area contributed by atoms with Crippen LogP contribution in [0.15, 0.2) is 6.33 Å². The van der Waals surface area contributed by atoms with Crippen molar-refractivity contribution in [2.24, 2.45) is 11.7 Å². The second-order valence-corrected chi connectivity index (χ2v) is 6.11. The number of hydrogen-bond acceptors (Lipinski definition) is 5. The van der Waals surface area contributed by atoms with Crippen molar-refractivity contribution in [1.82, 2.24) is 19.9 Å². The minimum Gasteiger partial charge on any atom is -0.341 e. The number of rotatable bonds is 2. The molecule has 1 amide bonds. The van der Waals surface area contributed by atoms with E-state index in [0.717, 1.165) is 12.8 Å². The van der Waals surface area contributed by atoms with Crippen LogP contribution in [0.5, 0.6) is 0 Å². The fourth-order valence-electron chi connectivity index (χ4n) is 2.88. The number of fused-ring (bicyclic) bond motifs is 1. The highest BCUT2D eigenvalue weighted by Crippen LogP contribution is 2.31. The molecule has 0 saturated heterocycles. The van der Waals surface area contributed by atoms with Crippen LogP contribution in [0.1, 0.15) is 32.6 Å². The van der Waals surface area contributed by atoms with Crippen LogP contribution in [0.2, 0.25) is 5.15 Å². The number of aromatic amines is 1. The van der Waals surface area contributed by atoms with E-state index in [4.69, 9.17) is 17.3 Å². The Kier molecular flexibility index (Phi) is 3.54. The highest BCUT2D eigenvalue weighted by atomic mass is 35.5. The molecule has 21 heavy (non-hydrogen) atoms. The minimum atomic E-state index is -0.867. The molecular formula is C13H17ClN6O. The summed E-state index contributed by atoms with van der Waals surface area (Å²) in [6.07, 6.45) is 4.86. The normalized spacial score (nSPS) is 26.0. The van der Waals surface area contributed by atoms with Crippen molar-refractivity contribution in [3.63, 3.8) is 0 Å². The number of nitrogens with one attached hydrogen (secondary N) is 2. The van der Waals surface area contributed by atoms with Gasteiger partial charge in [0, 0.05) is 0 Å². The highest BCUT2D eigenvalue weighted by Gasteiger charge is 2.38. The van der Waals surface area contributed by atoms with Crippen LogP contribution in [0, 0.1) is 5.92 Å². The molecule has 2 heterocycles. The van der Waals surface area contributed by atoms with E-state index in [1.165, 1.54) is 6.33 Å². The van der Waals surface area contributed by atoms with Gasteiger partial charge in [0.25, 0.3) is 0 Å². The molecule has 0 aliphatic heterocycles. The van der Waals surface area contributed by atoms with Crippen molar-refractivity contribution >= 4 is 34.6 Å². The summed E-state index contributed by atoms with van der Waals surface area (Å²) >= 11 is 6.03. The molecule has 1 fully saturated rings. The van der Waals surface area contributed by atoms with E-state index in [2.05, 4.69) is 32.2 Å². The van der Waals surface area contributed by atoms with Crippen LogP contribution in [-0.2, 0) is 4.79 Å². The molecule has 1 aliphatic rings. The molecule has 2 aromatic rings. The molecule has 1 saturated carbocycles. The van der Waals surface area contributed by atoms with Gasteiger partial charge in [0.2, 0.25) is 11.9 Å². The number of halogens is 1. The summed E-state index contributed by atoms with van der Waals surface area (Å²) in [5, 5.41) is 2.89. The van der Waals surface area contributed by atoms with Crippen molar-refractivity contribution in [1.29, 1.82) is 0 Å². The van der Waals surface area contributed by atoms with Crippen LogP contribution >= 0.6 is 11.6 Å². The Hall–Kier alpha value is -1.73. The molecule has 3 rings (SSSR count). The van der Waals surface area contributed by atoms with Crippen molar-refractivity contribution in [3.8, 4) is 0 Å². The number of H-pyrrole nitrogens is 1. The van der Waals surface area contributed by atoms with Gasteiger partial charge in [-0.2, -0.15) is 9.97 Å². The van der Waals surface area contributed by atoms with Crippen molar-refractivity contribution < 1.29 is 4.79 Å². The number of aromatic nitrogens is 4. The Bertz CT molecular complexity index is 686. The number of amides is 1. The fourth-order valence-corrected chi connectivity index (χ4v) is 3.10. The maximum absolute atomic E-state index is 12.4. The molecule has 0 bridgehead atoms. The second kappa shape index (κ2) is 5.23. The lowest BCUT2D eigenvalue weighted by molar-refractivity contribution is -0.122. The molecule has 8 heteroatoms. The summed E-state index contributed by atoms with van der Waals surface area (Å²) in [5.74, 6) is 0.306. The molecule has 112 valence electrons. The van der Waals surface area contributed by atoms with Crippen molar-refractivity contribution in [3.05, 3.63) is 11.5 Å². The first-order chi connectivity index (χ1) is 9.98. The third-order valence-electron chi connectivity index (χ3n) is 3.95. The Labute approximate surface area is 126 Å². The number of anilines is 1. The van der Waals surface area contributed by atoms with Gasteiger partial charge in [-0.3, -0.25) is 10.1 Å². The number of nitrogens with zero attached hydrogens (tertiary/aromatic N) is 3. The van der Waals surface area contributed by atoms with Crippen molar-refractivity contribution in [2.45, 2.75) is 38.1 Å². The molecule has 2 unspecified atom stereocenters. The SMILES string of the molecule is CC1CCCC(N)(C(=O)Nc2nc(Cl)c3[nH]cnc3n2)C1. The zero-order valence-corrected chi connectivity index (χ0v) is 12.4. The van der Waals surface area contributed by atoms with Gasteiger partial charge in [0.1, 0.15) is 5.52 Å². The van der Waals surface area contributed by atoms with E-state index in [0.29, 0.717) is 29.9 Å². The van der Waals surface area contributed by atoms with E-state index >= 15 is 0 Å². The van der Waals surface area contributed by atoms with Gasteiger partial charge in [-0.1, -0.05) is 31.4 Å². The molecule has 2 aromatic heterocycles. The monoisotopic (exact) mass is 308 g/mol. The molecule has 4 N–H and O–H groups in total. The Morgan fingerprint density at radius 1 is 1.57 bits per heavy atom. The van der Waals surface area contributed by atoms with E-state index in [1.807, 2.05) is 0 Å². The molecule has 2 atom stereocenters. The van der Waals surface area contributed by atoms with Gasteiger partial charge in [-0.15, -0.1) is 0 Å². The second-order valence-electron chi connectivity index (χ2n) is 5.75.